The molecule has 0 amide bonds. The Morgan fingerprint density at radius 3 is 2.80 bits per heavy atom. The van der Waals surface area contributed by atoms with Crippen molar-refractivity contribution in [2.24, 2.45) is 0 Å². The minimum absolute atomic E-state index is 0.0213. The number of rotatable bonds is 5. The molecule has 0 aliphatic rings. The quantitative estimate of drug-likeness (QED) is 0.845. The molecule has 0 aliphatic heterocycles. The lowest BCUT2D eigenvalue weighted by molar-refractivity contribution is 0.600. The maximum absolute atomic E-state index is 11.6. The first-order valence-electron chi connectivity index (χ1n) is 5.65. The molecule has 0 radical (unpaired) electrons. The Bertz CT molecular complexity index is 716. The van der Waals surface area contributed by atoms with Crippen molar-refractivity contribution in [2.45, 2.75) is 13.3 Å². The van der Waals surface area contributed by atoms with Crippen molar-refractivity contribution in [2.75, 3.05) is 10.5 Å². The second kappa shape index (κ2) is 5.94. The zero-order chi connectivity index (χ0) is 14.8. The molecule has 0 atom stereocenters. The van der Waals surface area contributed by atoms with Gasteiger partial charge >= 0.3 is 0 Å². The highest BCUT2D eigenvalue weighted by Crippen LogP contribution is 2.20. The van der Waals surface area contributed by atoms with Gasteiger partial charge in [0.15, 0.2) is 5.82 Å². The summed E-state index contributed by atoms with van der Waals surface area (Å²) in [6, 6.07) is 0. The van der Waals surface area contributed by atoms with Gasteiger partial charge in [-0.3, -0.25) is 4.72 Å². The normalized spacial score (nSPS) is 11.6. The van der Waals surface area contributed by atoms with Gasteiger partial charge in [0.05, 0.1) is 30.0 Å². The van der Waals surface area contributed by atoms with Crippen LogP contribution in [0.25, 0.3) is 5.82 Å². The summed E-state index contributed by atoms with van der Waals surface area (Å²) in [4.78, 5) is 7.66. The fourth-order valence-corrected chi connectivity index (χ4v) is 2.90. The third kappa shape index (κ3) is 3.59. The number of halogens is 2. The van der Waals surface area contributed by atoms with Crippen molar-refractivity contribution in [1.82, 2.24) is 19.7 Å². The number of hydrogen-bond acceptors (Lipinski definition) is 5. The highest BCUT2D eigenvalue weighted by Gasteiger charge is 2.12. The summed E-state index contributed by atoms with van der Waals surface area (Å²) in [7, 11) is -3.37. The maximum atomic E-state index is 11.6. The van der Waals surface area contributed by atoms with E-state index in [9.17, 15) is 8.42 Å². The van der Waals surface area contributed by atoms with Crippen molar-refractivity contribution in [1.29, 1.82) is 0 Å². The lowest BCUT2D eigenvalue weighted by Gasteiger charge is -2.04. The molecule has 0 aliphatic carbocycles. The number of anilines is 1. The first-order chi connectivity index (χ1) is 9.41. The van der Waals surface area contributed by atoms with Crippen LogP contribution in [0.4, 0.5) is 5.69 Å². The van der Waals surface area contributed by atoms with Gasteiger partial charge in [-0.25, -0.2) is 18.1 Å². The van der Waals surface area contributed by atoms with E-state index in [1.807, 2.05) is 0 Å². The molecular formula is C10H11Cl2N5O2S. The van der Waals surface area contributed by atoms with Gasteiger partial charge in [0.2, 0.25) is 15.3 Å². The molecule has 20 heavy (non-hydrogen) atoms. The summed E-state index contributed by atoms with van der Waals surface area (Å²) in [5.41, 5.74) is 0.323. The lowest BCUT2D eigenvalue weighted by Crippen LogP contribution is -2.15. The zero-order valence-corrected chi connectivity index (χ0v) is 12.7. The standard InChI is InChI=1S/C10H11Cl2N5O2S/c1-2-3-20(18,19)16-7-4-14-17(6-7)9-8(11)5-13-10(12)15-9/h4-6,16H,2-3H2,1H3. The Balaban J connectivity index is 2.27. The van der Waals surface area contributed by atoms with Gasteiger partial charge in [-0.15, -0.1) is 0 Å². The summed E-state index contributed by atoms with van der Waals surface area (Å²) < 4.78 is 27.0. The molecule has 2 heterocycles. The molecule has 0 unspecified atom stereocenters. The molecule has 2 aromatic rings. The Labute approximate surface area is 126 Å². The van der Waals surface area contributed by atoms with Crippen LogP contribution in [0.5, 0.6) is 0 Å². The fraction of sp³-hybridized carbons (Fsp3) is 0.300. The molecule has 1 N–H and O–H groups in total. The molecule has 2 rings (SSSR count). The topological polar surface area (TPSA) is 89.8 Å². The monoisotopic (exact) mass is 335 g/mol. The van der Waals surface area contributed by atoms with E-state index in [1.165, 1.54) is 23.3 Å². The second-order valence-corrected chi connectivity index (χ2v) is 6.49. The average molecular weight is 336 g/mol. The Morgan fingerprint density at radius 1 is 1.35 bits per heavy atom. The summed E-state index contributed by atoms with van der Waals surface area (Å²) >= 11 is 11.6. The van der Waals surface area contributed by atoms with E-state index >= 15 is 0 Å². The molecule has 0 fully saturated rings. The number of nitrogens with zero attached hydrogens (tertiary/aromatic N) is 4. The van der Waals surface area contributed by atoms with Crippen LogP contribution in [0, 0.1) is 0 Å². The van der Waals surface area contributed by atoms with E-state index in [-0.39, 0.29) is 21.9 Å². The molecule has 0 saturated heterocycles. The first-order valence-corrected chi connectivity index (χ1v) is 8.05. The minimum atomic E-state index is -3.37. The van der Waals surface area contributed by atoms with Crippen LogP contribution < -0.4 is 4.72 Å². The van der Waals surface area contributed by atoms with E-state index in [2.05, 4.69) is 19.8 Å². The Morgan fingerprint density at radius 2 is 2.10 bits per heavy atom. The van der Waals surface area contributed by atoms with Crippen LogP contribution >= 0.6 is 23.2 Å². The predicted octanol–water partition coefficient (Wildman–Crippen LogP) is 2.12. The molecule has 108 valence electrons. The van der Waals surface area contributed by atoms with E-state index in [1.54, 1.807) is 6.92 Å². The second-order valence-electron chi connectivity index (χ2n) is 3.91. The van der Waals surface area contributed by atoms with E-state index in [0.717, 1.165) is 0 Å². The van der Waals surface area contributed by atoms with Gasteiger partial charge in [0, 0.05) is 0 Å². The Hall–Kier alpha value is -1.38. The van der Waals surface area contributed by atoms with Crippen LogP contribution in [0.1, 0.15) is 13.3 Å². The third-order valence-electron chi connectivity index (χ3n) is 2.24. The van der Waals surface area contributed by atoms with Crippen molar-refractivity contribution in [3.05, 3.63) is 28.9 Å². The van der Waals surface area contributed by atoms with E-state index in [4.69, 9.17) is 23.2 Å². The highest BCUT2D eigenvalue weighted by atomic mass is 35.5. The maximum Gasteiger partial charge on any atom is 0.232 e. The van der Waals surface area contributed by atoms with Crippen LogP contribution in [0.2, 0.25) is 10.3 Å². The number of nitrogens with one attached hydrogen (secondary N) is 1. The molecule has 2 aromatic heterocycles. The molecular weight excluding hydrogens is 325 g/mol. The van der Waals surface area contributed by atoms with Gasteiger partial charge in [0.1, 0.15) is 5.02 Å². The van der Waals surface area contributed by atoms with Crippen LogP contribution in [-0.2, 0) is 10.0 Å². The lowest BCUT2D eigenvalue weighted by atomic mass is 10.5. The number of sulfonamides is 1. The van der Waals surface area contributed by atoms with Gasteiger partial charge in [-0.2, -0.15) is 10.1 Å². The molecule has 7 nitrogen and oxygen atoms in total. The summed E-state index contributed by atoms with van der Waals surface area (Å²) in [6.07, 6.45) is 4.68. The van der Waals surface area contributed by atoms with Gasteiger partial charge in [-0.05, 0) is 18.0 Å². The van der Waals surface area contributed by atoms with Crippen molar-refractivity contribution >= 4 is 38.9 Å². The van der Waals surface area contributed by atoms with Crippen LogP contribution in [0.3, 0.4) is 0 Å². The molecule has 0 saturated carbocycles. The molecule has 0 spiro atoms. The number of aromatic nitrogens is 4. The smallest absolute Gasteiger partial charge is 0.232 e. The molecule has 0 aromatic carbocycles. The van der Waals surface area contributed by atoms with Crippen molar-refractivity contribution in [3.63, 3.8) is 0 Å². The first kappa shape index (κ1) is 15.0. The summed E-state index contributed by atoms with van der Waals surface area (Å²) in [5, 5.41) is 4.26. The summed E-state index contributed by atoms with van der Waals surface area (Å²) in [5.74, 6) is 0.311. The van der Waals surface area contributed by atoms with Crippen LogP contribution in [-0.4, -0.2) is 33.9 Å². The van der Waals surface area contributed by atoms with Crippen LogP contribution in [0.15, 0.2) is 18.6 Å². The van der Waals surface area contributed by atoms with Crippen molar-refractivity contribution < 1.29 is 8.42 Å². The molecule has 0 bridgehead atoms. The Kier molecular flexibility index (Phi) is 4.46. The summed E-state index contributed by atoms with van der Waals surface area (Å²) in [6.45, 7) is 1.78. The third-order valence-corrected chi connectivity index (χ3v) is 4.18. The van der Waals surface area contributed by atoms with Crippen molar-refractivity contribution in [3.8, 4) is 5.82 Å². The predicted molar refractivity (Wildman–Crippen MR) is 76.9 cm³/mol. The average Bonchev–Trinajstić information content (AvgIpc) is 2.79. The SMILES string of the molecule is CCCS(=O)(=O)Nc1cnn(-c2nc(Cl)ncc2Cl)c1. The largest absolute Gasteiger partial charge is 0.280 e. The highest BCUT2D eigenvalue weighted by molar-refractivity contribution is 7.92. The fourth-order valence-electron chi connectivity index (χ4n) is 1.49. The van der Waals surface area contributed by atoms with Gasteiger partial charge in [-0.1, -0.05) is 18.5 Å². The number of hydrogen-bond donors (Lipinski definition) is 1. The van der Waals surface area contributed by atoms with Gasteiger partial charge in [0.25, 0.3) is 0 Å². The minimum Gasteiger partial charge on any atom is -0.280 e. The van der Waals surface area contributed by atoms with E-state index < -0.39 is 10.0 Å². The zero-order valence-electron chi connectivity index (χ0n) is 10.4. The molecule has 10 heteroatoms. The van der Waals surface area contributed by atoms with E-state index in [0.29, 0.717) is 12.1 Å². The van der Waals surface area contributed by atoms with Gasteiger partial charge < -0.3 is 0 Å².